The zero-order valence-corrected chi connectivity index (χ0v) is 26.8. The molecule has 2 fully saturated rings. The van der Waals surface area contributed by atoms with Crippen LogP contribution >= 0.6 is 0 Å². The van der Waals surface area contributed by atoms with Gasteiger partial charge in [0, 0.05) is 6.42 Å². The second kappa shape index (κ2) is 22.0. The maximum Gasteiger partial charge on any atom is 0.220 e. The van der Waals surface area contributed by atoms with Gasteiger partial charge in [0.1, 0.15) is 48.8 Å². The molecular weight excluding hydrogens is 606 g/mol. The topological polar surface area (TPSA) is 228 Å². The van der Waals surface area contributed by atoms with Crippen LogP contribution in [0, 0.1) is 0 Å². The van der Waals surface area contributed by atoms with Crippen LogP contribution in [0.15, 0.2) is 36.5 Å². The predicted molar refractivity (Wildman–Crippen MR) is 166 cm³/mol. The summed E-state index contributed by atoms with van der Waals surface area (Å²) in [5, 5.41) is 84.9. The number of aliphatic hydroxyl groups is 8. The monoisotopic (exact) mass is 661 g/mol. The fourth-order valence-electron chi connectivity index (χ4n) is 5.02. The van der Waals surface area contributed by atoms with Crippen LogP contribution in [-0.2, 0) is 23.7 Å². The van der Waals surface area contributed by atoms with Crippen molar-refractivity contribution in [2.75, 3.05) is 19.8 Å². The minimum atomic E-state index is -1.79. The van der Waals surface area contributed by atoms with E-state index in [1.807, 2.05) is 6.92 Å². The predicted octanol–water partition coefficient (Wildman–Crippen LogP) is -0.698. The minimum Gasteiger partial charge on any atom is -0.394 e. The summed E-state index contributed by atoms with van der Waals surface area (Å²) in [6, 6.07) is -0.927. The van der Waals surface area contributed by atoms with Gasteiger partial charge in [0.25, 0.3) is 0 Å². The molecule has 2 aliphatic rings. The summed E-state index contributed by atoms with van der Waals surface area (Å²) in [6.07, 6.45) is 1.28. The molecular formula is C32H55NO13. The van der Waals surface area contributed by atoms with Crippen LogP contribution in [0.3, 0.4) is 0 Å². The number of carbonyl (C=O) groups is 1. The number of hydrogen-bond donors (Lipinski definition) is 9. The highest BCUT2D eigenvalue weighted by atomic mass is 16.7. The van der Waals surface area contributed by atoms with E-state index in [-0.39, 0.29) is 18.9 Å². The molecule has 0 spiro atoms. The van der Waals surface area contributed by atoms with Crippen LogP contribution in [0.4, 0.5) is 0 Å². The van der Waals surface area contributed by atoms with Crippen molar-refractivity contribution in [3.63, 3.8) is 0 Å². The normalized spacial score (nSPS) is 33.6. The standard InChI is InChI=1S/C32H55NO13/c1-3-5-6-7-8-9-10-11-12-13-14-16-21(36)20(33-24(37)15-4-2)19-43-31-29(42)27(40)30(23(18-35)45-31)46-32-28(41)26(39)25(38)22(17-34)44-32/h6-7,10-11,14,16,20-23,25-32,34-36,38-42H,3-5,8-9,12-13,15,17-19H2,1-2H3,(H,33,37)/b7-6+,11-10+,16-14+. The van der Waals surface area contributed by atoms with E-state index in [1.165, 1.54) is 0 Å². The molecule has 0 saturated carbocycles. The van der Waals surface area contributed by atoms with Gasteiger partial charge < -0.3 is 65.1 Å². The second-order valence-corrected chi connectivity index (χ2v) is 11.6. The highest BCUT2D eigenvalue weighted by Crippen LogP contribution is 2.29. The molecule has 0 radical (unpaired) electrons. The average Bonchev–Trinajstić information content (AvgIpc) is 3.04. The van der Waals surface area contributed by atoms with Gasteiger partial charge in [-0.15, -0.1) is 0 Å². The van der Waals surface area contributed by atoms with E-state index in [4.69, 9.17) is 18.9 Å². The number of hydrogen-bond acceptors (Lipinski definition) is 13. The van der Waals surface area contributed by atoms with Crippen LogP contribution in [-0.4, -0.2) is 140 Å². The Labute approximate surface area is 270 Å². The highest BCUT2D eigenvalue weighted by Gasteiger charge is 2.50. The number of aliphatic hydroxyl groups excluding tert-OH is 8. The smallest absolute Gasteiger partial charge is 0.220 e. The number of allylic oxidation sites excluding steroid dienone is 5. The summed E-state index contributed by atoms with van der Waals surface area (Å²) >= 11 is 0. The quantitative estimate of drug-likeness (QED) is 0.0582. The molecule has 2 saturated heterocycles. The molecule has 2 aliphatic heterocycles. The first-order chi connectivity index (χ1) is 22.1. The molecule has 2 rings (SSSR count). The Morgan fingerprint density at radius 3 is 1.89 bits per heavy atom. The van der Waals surface area contributed by atoms with Gasteiger partial charge in [-0.2, -0.15) is 0 Å². The van der Waals surface area contributed by atoms with Gasteiger partial charge in [0.05, 0.1) is 32.0 Å². The van der Waals surface area contributed by atoms with E-state index in [9.17, 15) is 45.6 Å². The number of amides is 1. The Morgan fingerprint density at radius 2 is 1.30 bits per heavy atom. The first-order valence-corrected chi connectivity index (χ1v) is 16.2. The van der Waals surface area contributed by atoms with Crippen molar-refractivity contribution in [1.29, 1.82) is 0 Å². The van der Waals surface area contributed by atoms with Crippen molar-refractivity contribution in [2.24, 2.45) is 0 Å². The maximum atomic E-state index is 12.4. The Morgan fingerprint density at radius 1 is 0.739 bits per heavy atom. The van der Waals surface area contributed by atoms with Gasteiger partial charge in [-0.05, 0) is 38.5 Å². The lowest BCUT2D eigenvalue weighted by atomic mass is 9.97. The van der Waals surface area contributed by atoms with Gasteiger partial charge in [-0.25, -0.2) is 0 Å². The number of nitrogens with one attached hydrogen (secondary N) is 1. The van der Waals surface area contributed by atoms with Crippen LogP contribution in [0.5, 0.6) is 0 Å². The van der Waals surface area contributed by atoms with E-state index in [0.29, 0.717) is 12.8 Å². The SMILES string of the molecule is CCC/C=C/CC/C=C/CC/C=C/C(O)C(COC1OC(CO)C(OC2OC(CO)C(O)C(O)C2O)C(O)C1O)NC(=O)CCC. The molecule has 46 heavy (non-hydrogen) atoms. The first kappa shape index (κ1) is 40.4. The summed E-state index contributed by atoms with van der Waals surface area (Å²) < 4.78 is 22.2. The van der Waals surface area contributed by atoms with E-state index in [0.717, 1.165) is 32.1 Å². The van der Waals surface area contributed by atoms with Gasteiger partial charge in [0.15, 0.2) is 12.6 Å². The highest BCUT2D eigenvalue weighted by molar-refractivity contribution is 5.76. The molecule has 14 heteroatoms. The van der Waals surface area contributed by atoms with E-state index in [2.05, 4.69) is 36.5 Å². The summed E-state index contributed by atoms with van der Waals surface area (Å²) in [4.78, 5) is 12.4. The van der Waals surface area contributed by atoms with Crippen molar-refractivity contribution >= 4 is 5.91 Å². The van der Waals surface area contributed by atoms with Crippen molar-refractivity contribution in [2.45, 2.75) is 139 Å². The van der Waals surface area contributed by atoms with Gasteiger partial charge in [-0.1, -0.05) is 56.7 Å². The summed E-state index contributed by atoms with van der Waals surface area (Å²) in [7, 11) is 0. The lowest BCUT2D eigenvalue weighted by Gasteiger charge is -2.46. The third kappa shape index (κ3) is 12.7. The molecule has 0 aromatic carbocycles. The fourth-order valence-corrected chi connectivity index (χ4v) is 5.02. The molecule has 14 nitrogen and oxygen atoms in total. The molecule has 12 unspecified atom stereocenters. The third-order valence-corrected chi connectivity index (χ3v) is 7.76. The summed E-state index contributed by atoms with van der Waals surface area (Å²) in [6.45, 7) is 2.22. The zero-order chi connectivity index (χ0) is 34.1. The van der Waals surface area contributed by atoms with Crippen LogP contribution in [0.25, 0.3) is 0 Å². The number of ether oxygens (including phenoxy) is 4. The van der Waals surface area contributed by atoms with Gasteiger partial charge in [0.2, 0.25) is 5.91 Å². The van der Waals surface area contributed by atoms with E-state index >= 15 is 0 Å². The molecule has 0 bridgehead atoms. The molecule has 0 aliphatic carbocycles. The van der Waals surface area contributed by atoms with Gasteiger partial charge in [-0.3, -0.25) is 4.79 Å². The summed E-state index contributed by atoms with van der Waals surface area (Å²) in [5.41, 5.74) is 0. The van der Waals surface area contributed by atoms with Crippen LogP contribution in [0.1, 0.15) is 65.2 Å². The molecule has 266 valence electrons. The Bertz CT molecular complexity index is 930. The minimum absolute atomic E-state index is 0.218. The molecule has 12 atom stereocenters. The first-order valence-electron chi connectivity index (χ1n) is 16.2. The maximum absolute atomic E-state index is 12.4. The molecule has 1 amide bonds. The van der Waals surface area contributed by atoms with Crippen molar-refractivity contribution in [3.8, 4) is 0 Å². The number of carbonyl (C=O) groups excluding carboxylic acids is 1. The Hall–Kier alpha value is -1.79. The third-order valence-electron chi connectivity index (χ3n) is 7.76. The fraction of sp³-hybridized carbons (Fsp3) is 0.781. The number of unbranched alkanes of at least 4 members (excludes halogenated alkanes) is 3. The largest absolute Gasteiger partial charge is 0.394 e. The van der Waals surface area contributed by atoms with E-state index in [1.54, 1.807) is 12.2 Å². The average molecular weight is 662 g/mol. The van der Waals surface area contributed by atoms with Crippen molar-refractivity contribution < 1.29 is 64.6 Å². The summed E-state index contributed by atoms with van der Waals surface area (Å²) in [5.74, 6) is -0.314. The zero-order valence-electron chi connectivity index (χ0n) is 26.8. The molecule has 0 aromatic heterocycles. The van der Waals surface area contributed by atoms with Gasteiger partial charge >= 0.3 is 0 Å². The van der Waals surface area contributed by atoms with Crippen molar-refractivity contribution in [1.82, 2.24) is 5.32 Å². The van der Waals surface area contributed by atoms with Crippen LogP contribution in [0.2, 0.25) is 0 Å². The van der Waals surface area contributed by atoms with Crippen molar-refractivity contribution in [3.05, 3.63) is 36.5 Å². The number of rotatable bonds is 20. The molecule has 2 heterocycles. The van der Waals surface area contributed by atoms with Crippen LogP contribution < -0.4 is 5.32 Å². The Kier molecular flexibility index (Phi) is 19.3. The lowest BCUT2D eigenvalue weighted by Crippen LogP contribution is -2.65. The second-order valence-electron chi connectivity index (χ2n) is 11.6. The molecule has 9 N–H and O–H groups in total. The van der Waals surface area contributed by atoms with E-state index < -0.39 is 86.8 Å². The Balaban J connectivity index is 1.97. The lowest BCUT2D eigenvalue weighted by molar-refractivity contribution is -0.359. The molecule has 0 aromatic rings.